The molecule has 5 rings (SSSR count). The summed E-state index contributed by atoms with van der Waals surface area (Å²) in [6, 6.07) is 5.91. The summed E-state index contributed by atoms with van der Waals surface area (Å²) in [4.78, 5) is 8.86. The molecule has 0 unspecified atom stereocenters. The van der Waals surface area contributed by atoms with E-state index >= 15 is 0 Å². The maximum Gasteiger partial charge on any atom is 0.223 e. The lowest BCUT2D eigenvalue weighted by molar-refractivity contribution is 0.0675. The fourth-order valence-electron chi connectivity index (χ4n) is 3.59. The van der Waals surface area contributed by atoms with E-state index in [1.165, 1.54) is 12.8 Å². The summed E-state index contributed by atoms with van der Waals surface area (Å²) in [5.74, 6) is 2.15. The molecule has 25 heavy (non-hydrogen) atoms. The van der Waals surface area contributed by atoms with Crippen LogP contribution in [0.1, 0.15) is 12.8 Å². The lowest BCUT2D eigenvalue weighted by Gasteiger charge is -2.18. The van der Waals surface area contributed by atoms with Crippen LogP contribution in [0.5, 0.6) is 0 Å². The van der Waals surface area contributed by atoms with Crippen LogP contribution in [-0.4, -0.2) is 54.0 Å². The van der Waals surface area contributed by atoms with Gasteiger partial charge in [-0.2, -0.15) is 0 Å². The number of furan rings is 1. The number of aromatic nitrogens is 2. The Labute approximate surface area is 146 Å². The van der Waals surface area contributed by atoms with Crippen LogP contribution < -0.4 is 10.6 Å². The number of fused-ring (bicyclic) bond motifs is 1. The number of hydrogen-bond acceptors (Lipinski definition) is 7. The van der Waals surface area contributed by atoms with Gasteiger partial charge in [0.05, 0.1) is 31.6 Å². The van der Waals surface area contributed by atoms with Crippen molar-refractivity contribution in [3.63, 3.8) is 0 Å². The van der Waals surface area contributed by atoms with Gasteiger partial charge in [0.1, 0.15) is 17.9 Å². The topological polar surface area (TPSA) is 81.4 Å². The molecule has 3 fully saturated rings. The van der Waals surface area contributed by atoms with E-state index in [1.54, 1.807) is 12.5 Å². The normalized spacial score (nSPS) is 31.2. The maximum absolute atomic E-state index is 6.01. The molecule has 2 aromatic rings. The zero-order valence-corrected chi connectivity index (χ0v) is 13.9. The Balaban J connectivity index is 1.24. The summed E-state index contributed by atoms with van der Waals surface area (Å²) in [7, 11) is 0. The Morgan fingerprint density at radius 3 is 2.72 bits per heavy atom. The summed E-state index contributed by atoms with van der Waals surface area (Å²) in [5.41, 5.74) is 0.759. The summed E-state index contributed by atoms with van der Waals surface area (Å²) in [6.07, 6.45) is 6.21. The van der Waals surface area contributed by atoms with Crippen LogP contribution >= 0.6 is 0 Å². The van der Waals surface area contributed by atoms with Gasteiger partial charge in [0.15, 0.2) is 5.76 Å². The molecule has 1 aliphatic carbocycles. The quantitative estimate of drug-likeness (QED) is 0.826. The fourth-order valence-corrected chi connectivity index (χ4v) is 3.59. The van der Waals surface area contributed by atoms with Crippen molar-refractivity contribution < 1.29 is 13.9 Å². The SMILES string of the molecule is c1coc(-c2ccnc(N[C@H]3CO[C@H]4[C@@H]3OC[C@@H]4NCC3CC3)n2)c1. The van der Waals surface area contributed by atoms with Crippen LogP contribution in [0.2, 0.25) is 0 Å². The van der Waals surface area contributed by atoms with Crippen LogP contribution in [0.3, 0.4) is 0 Å². The molecule has 3 aliphatic rings. The molecule has 2 aliphatic heterocycles. The largest absolute Gasteiger partial charge is 0.463 e. The minimum atomic E-state index is 0.0348. The highest BCUT2D eigenvalue weighted by molar-refractivity contribution is 5.53. The van der Waals surface area contributed by atoms with Crippen molar-refractivity contribution >= 4 is 5.95 Å². The van der Waals surface area contributed by atoms with Crippen molar-refractivity contribution in [3.05, 3.63) is 30.7 Å². The Kier molecular flexibility index (Phi) is 3.92. The summed E-state index contributed by atoms with van der Waals surface area (Å²) >= 11 is 0. The van der Waals surface area contributed by atoms with E-state index in [-0.39, 0.29) is 24.3 Å². The second kappa shape index (κ2) is 6.40. The molecule has 0 radical (unpaired) electrons. The molecule has 7 heteroatoms. The van der Waals surface area contributed by atoms with Gasteiger partial charge in [-0.3, -0.25) is 0 Å². The van der Waals surface area contributed by atoms with Gasteiger partial charge in [-0.1, -0.05) is 0 Å². The minimum Gasteiger partial charge on any atom is -0.463 e. The smallest absolute Gasteiger partial charge is 0.223 e. The molecule has 1 saturated carbocycles. The van der Waals surface area contributed by atoms with Gasteiger partial charge in [-0.25, -0.2) is 9.97 Å². The molecule has 0 aromatic carbocycles. The Bertz CT molecular complexity index is 719. The van der Waals surface area contributed by atoms with Gasteiger partial charge in [-0.05, 0) is 43.5 Å². The van der Waals surface area contributed by atoms with E-state index in [1.807, 2.05) is 18.2 Å². The first-order valence-electron chi connectivity index (χ1n) is 8.97. The number of anilines is 1. The van der Waals surface area contributed by atoms with Crippen molar-refractivity contribution in [2.75, 3.05) is 25.1 Å². The average Bonchev–Trinajstić information content (AvgIpc) is 3.03. The molecule has 4 heterocycles. The molecule has 7 nitrogen and oxygen atoms in total. The summed E-state index contributed by atoms with van der Waals surface area (Å²) in [5, 5.41) is 6.98. The van der Waals surface area contributed by atoms with Gasteiger partial charge in [0, 0.05) is 6.20 Å². The van der Waals surface area contributed by atoms with Crippen LogP contribution in [0.15, 0.2) is 35.1 Å². The van der Waals surface area contributed by atoms with E-state index < -0.39 is 0 Å². The Hall–Kier alpha value is -1.96. The predicted octanol–water partition coefficient (Wildman–Crippen LogP) is 1.68. The van der Waals surface area contributed by atoms with Crippen molar-refractivity contribution in [2.45, 2.75) is 37.1 Å². The van der Waals surface area contributed by atoms with Crippen LogP contribution in [0.25, 0.3) is 11.5 Å². The second-order valence-electron chi connectivity index (χ2n) is 7.05. The number of hydrogen-bond donors (Lipinski definition) is 2. The predicted molar refractivity (Wildman–Crippen MR) is 91.1 cm³/mol. The highest BCUT2D eigenvalue weighted by atomic mass is 16.6. The first kappa shape index (κ1) is 15.3. The molecule has 132 valence electrons. The first-order valence-corrected chi connectivity index (χ1v) is 8.97. The third-order valence-electron chi connectivity index (χ3n) is 5.16. The lowest BCUT2D eigenvalue weighted by atomic mass is 10.1. The van der Waals surface area contributed by atoms with Crippen molar-refractivity contribution in [2.24, 2.45) is 5.92 Å². The van der Waals surface area contributed by atoms with Crippen LogP contribution in [0, 0.1) is 5.92 Å². The first-order chi connectivity index (χ1) is 12.4. The third-order valence-corrected chi connectivity index (χ3v) is 5.16. The van der Waals surface area contributed by atoms with E-state index in [0.29, 0.717) is 19.2 Å². The lowest BCUT2D eigenvalue weighted by Crippen LogP contribution is -2.42. The van der Waals surface area contributed by atoms with E-state index in [4.69, 9.17) is 13.9 Å². The number of nitrogens with one attached hydrogen (secondary N) is 2. The van der Waals surface area contributed by atoms with E-state index in [9.17, 15) is 0 Å². The minimum absolute atomic E-state index is 0.0348. The van der Waals surface area contributed by atoms with Gasteiger partial charge < -0.3 is 24.5 Å². The molecule has 2 N–H and O–H groups in total. The maximum atomic E-state index is 6.01. The van der Waals surface area contributed by atoms with Crippen molar-refractivity contribution in [1.82, 2.24) is 15.3 Å². The monoisotopic (exact) mass is 342 g/mol. The molecule has 2 saturated heterocycles. The standard InChI is InChI=1S/C18H22N4O3/c1-2-15(23-7-1)12-5-6-19-18(21-12)22-14-10-25-16-13(9-24-17(14)16)20-8-11-3-4-11/h1-2,5-7,11,13-14,16-17,20H,3-4,8-10H2,(H,19,21,22)/t13-,14-,16+,17+/m0/s1. The van der Waals surface area contributed by atoms with Crippen LogP contribution in [0.4, 0.5) is 5.95 Å². The zero-order valence-electron chi connectivity index (χ0n) is 13.9. The molecule has 0 bridgehead atoms. The molecule has 4 atom stereocenters. The molecule has 0 spiro atoms. The highest BCUT2D eigenvalue weighted by Gasteiger charge is 2.48. The molecular formula is C18H22N4O3. The van der Waals surface area contributed by atoms with Gasteiger partial charge >= 0.3 is 0 Å². The third kappa shape index (κ3) is 3.15. The number of nitrogens with zero attached hydrogens (tertiary/aromatic N) is 2. The fraction of sp³-hybridized carbons (Fsp3) is 0.556. The molecule has 0 amide bonds. The Morgan fingerprint density at radius 2 is 1.92 bits per heavy atom. The van der Waals surface area contributed by atoms with Crippen molar-refractivity contribution in [3.8, 4) is 11.5 Å². The van der Waals surface area contributed by atoms with Gasteiger partial charge in [-0.15, -0.1) is 0 Å². The van der Waals surface area contributed by atoms with Gasteiger partial charge in [0.2, 0.25) is 5.95 Å². The molecule has 2 aromatic heterocycles. The summed E-state index contributed by atoms with van der Waals surface area (Å²) < 4.78 is 17.4. The zero-order chi connectivity index (χ0) is 16.6. The van der Waals surface area contributed by atoms with Crippen LogP contribution in [-0.2, 0) is 9.47 Å². The molecular weight excluding hydrogens is 320 g/mol. The highest BCUT2D eigenvalue weighted by Crippen LogP contribution is 2.31. The second-order valence-corrected chi connectivity index (χ2v) is 7.05. The van der Waals surface area contributed by atoms with E-state index in [2.05, 4.69) is 20.6 Å². The van der Waals surface area contributed by atoms with E-state index in [0.717, 1.165) is 23.9 Å². The number of rotatable bonds is 6. The summed E-state index contributed by atoms with van der Waals surface area (Å²) in [6.45, 7) is 2.38. The van der Waals surface area contributed by atoms with Crippen molar-refractivity contribution in [1.29, 1.82) is 0 Å². The number of ether oxygens (including phenoxy) is 2. The average molecular weight is 342 g/mol. The Morgan fingerprint density at radius 1 is 1.08 bits per heavy atom. The van der Waals surface area contributed by atoms with Gasteiger partial charge in [0.25, 0.3) is 0 Å².